The quantitative estimate of drug-likeness (QED) is 0.862. The highest BCUT2D eigenvalue weighted by atomic mass is 32.1. The maximum absolute atomic E-state index is 10.5. The molecule has 0 spiro atoms. The van der Waals surface area contributed by atoms with E-state index in [2.05, 4.69) is 36.2 Å². The van der Waals surface area contributed by atoms with Crippen molar-refractivity contribution in [2.45, 2.75) is 20.3 Å². The lowest BCUT2D eigenvalue weighted by atomic mass is 10.1. The molecule has 0 aliphatic rings. The lowest BCUT2D eigenvalue weighted by molar-refractivity contribution is -0.131. The molecule has 2 aromatic rings. The zero-order valence-corrected chi connectivity index (χ0v) is 11.7. The minimum Gasteiger partial charge on any atom is -0.478 e. The number of hydrogen-bond donors (Lipinski definition) is 1. The smallest absolute Gasteiger partial charge is 0.328 e. The third-order valence-electron chi connectivity index (χ3n) is 2.82. The number of aliphatic carboxylic acids is 1. The van der Waals surface area contributed by atoms with Gasteiger partial charge in [0.05, 0.1) is 10.6 Å². The van der Waals surface area contributed by atoms with E-state index in [1.807, 2.05) is 6.92 Å². The number of carboxylic acid groups (broad SMARTS) is 1. The van der Waals surface area contributed by atoms with Crippen molar-refractivity contribution in [1.82, 2.24) is 4.98 Å². The van der Waals surface area contributed by atoms with Crippen LogP contribution in [0.1, 0.15) is 23.1 Å². The molecule has 0 radical (unpaired) electrons. The Balaban J connectivity index is 2.30. The van der Waals surface area contributed by atoms with Crippen molar-refractivity contribution in [3.8, 4) is 10.6 Å². The summed E-state index contributed by atoms with van der Waals surface area (Å²) in [7, 11) is 0. The predicted octanol–water partition coefficient (Wildman–Crippen LogP) is 3.78. The fourth-order valence-electron chi connectivity index (χ4n) is 1.72. The van der Waals surface area contributed by atoms with Gasteiger partial charge in [-0.25, -0.2) is 9.78 Å². The van der Waals surface area contributed by atoms with Gasteiger partial charge in [-0.05, 0) is 25.0 Å². The lowest BCUT2D eigenvalue weighted by Crippen LogP contribution is -1.85. The topological polar surface area (TPSA) is 50.2 Å². The summed E-state index contributed by atoms with van der Waals surface area (Å²) >= 11 is 1.51. The molecule has 0 aliphatic carbocycles. The van der Waals surface area contributed by atoms with Crippen LogP contribution in [-0.2, 0) is 11.2 Å². The number of carbonyl (C=O) groups is 1. The average Bonchev–Trinajstić information content (AvgIpc) is 2.78. The van der Waals surface area contributed by atoms with Crippen LogP contribution < -0.4 is 0 Å². The molecule has 1 heterocycles. The molecule has 0 saturated carbocycles. The van der Waals surface area contributed by atoms with E-state index < -0.39 is 5.97 Å². The van der Waals surface area contributed by atoms with Gasteiger partial charge in [0.15, 0.2) is 0 Å². The number of benzene rings is 1. The second-order valence-electron chi connectivity index (χ2n) is 4.19. The van der Waals surface area contributed by atoms with E-state index in [0.29, 0.717) is 0 Å². The average molecular weight is 273 g/mol. The number of aryl methyl sites for hydroxylation is 2. The molecule has 0 fully saturated rings. The SMILES string of the molecule is CCc1ccc(-c2nc(C)c(/C=C/C(=O)O)s2)cc1. The second kappa shape index (κ2) is 5.80. The van der Waals surface area contributed by atoms with Gasteiger partial charge < -0.3 is 5.11 Å². The first kappa shape index (κ1) is 13.5. The van der Waals surface area contributed by atoms with E-state index in [1.54, 1.807) is 6.08 Å². The Labute approximate surface area is 116 Å². The maximum atomic E-state index is 10.5. The highest BCUT2D eigenvalue weighted by molar-refractivity contribution is 7.16. The number of rotatable bonds is 4. The van der Waals surface area contributed by atoms with Gasteiger partial charge in [-0.1, -0.05) is 31.2 Å². The number of hydrogen-bond acceptors (Lipinski definition) is 3. The van der Waals surface area contributed by atoms with Crippen LogP contribution in [0.3, 0.4) is 0 Å². The summed E-state index contributed by atoms with van der Waals surface area (Å²) in [5.41, 5.74) is 3.22. The number of thiazole rings is 1. The fourth-order valence-corrected chi connectivity index (χ4v) is 2.69. The summed E-state index contributed by atoms with van der Waals surface area (Å²) in [6, 6.07) is 8.31. The van der Waals surface area contributed by atoms with Crippen molar-refractivity contribution in [2.24, 2.45) is 0 Å². The van der Waals surface area contributed by atoms with Gasteiger partial charge in [0.1, 0.15) is 5.01 Å². The molecule has 0 amide bonds. The Morgan fingerprint density at radius 2 is 2.05 bits per heavy atom. The minimum atomic E-state index is -0.943. The Kier molecular flexibility index (Phi) is 4.12. The summed E-state index contributed by atoms with van der Waals surface area (Å²) in [5.74, 6) is -0.943. The van der Waals surface area contributed by atoms with Crippen LogP contribution in [0.2, 0.25) is 0 Å². The molecule has 0 bridgehead atoms. The number of nitrogens with zero attached hydrogens (tertiary/aromatic N) is 1. The molecule has 1 N–H and O–H groups in total. The second-order valence-corrected chi connectivity index (χ2v) is 5.22. The van der Waals surface area contributed by atoms with Crippen LogP contribution in [0, 0.1) is 6.92 Å². The number of aromatic nitrogens is 1. The van der Waals surface area contributed by atoms with Crippen LogP contribution in [0.5, 0.6) is 0 Å². The van der Waals surface area contributed by atoms with Gasteiger partial charge in [0, 0.05) is 11.6 Å². The highest BCUT2D eigenvalue weighted by Crippen LogP contribution is 2.29. The van der Waals surface area contributed by atoms with Gasteiger partial charge in [-0.3, -0.25) is 0 Å². The van der Waals surface area contributed by atoms with Crippen LogP contribution in [0.25, 0.3) is 16.6 Å². The molecular formula is C15H15NO2S. The molecule has 4 heteroatoms. The van der Waals surface area contributed by atoms with Crippen LogP contribution in [0.4, 0.5) is 0 Å². The van der Waals surface area contributed by atoms with Crippen molar-refractivity contribution >= 4 is 23.4 Å². The van der Waals surface area contributed by atoms with Crippen molar-refractivity contribution in [2.75, 3.05) is 0 Å². The highest BCUT2D eigenvalue weighted by Gasteiger charge is 2.07. The van der Waals surface area contributed by atoms with Gasteiger partial charge in [-0.15, -0.1) is 11.3 Å². The third kappa shape index (κ3) is 3.29. The van der Waals surface area contributed by atoms with E-state index in [9.17, 15) is 4.79 Å². The third-order valence-corrected chi connectivity index (χ3v) is 3.99. The van der Waals surface area contributed by atoms with Crippen LogP contribution in [0.15, 0.2) is 30.3 Å². The fraction of sp³-hybridized carbons (Fsp3) is 0.200. The first-order valence-corrected chi connectivity index (χ1v) is 6.89. The zero-order valence-electron chi connectivity index (χ0n) is 10.9. The predicted molar refractivity (Wildman–Crippen MR) is 78.3 cm³/mol. The largest absolute Gasteiger partial charge is 0.478 e. The molecule has 0 atom stereocenters. The summed E-state index contributed by atoms with van der Waals surface area (Å²) in [6.07, 6.45) is 3.76. The van der Waals surface area contributed by atoms with Crippen molar-refractivity contribution in [3.63, 3.8) is 0 Å². The number of carboxylic acids is 1. The first-order chi connectivity index (χ1) is 9.10. The Morgan fingerprint density at radius 1 is 1.37 bits per heavy atom. The molecule has 0 unspecified atom stereocenters. The zero-order chi connectivity index (χ0) is 13.8. The summed E-state index contributed by atoms with van der Waals surface area (Å²) in [5, 5.41) is 9.57. The van der Waals surface area contributed by atoms with E-state index in [-0.39, 0.29) is 0 Å². The molecule has 0 saturated heterocycles. The Hall–Kier alpha value is -1.94. The minimum absolute atomic E-state index is 0.858. The van der Waals surface area contributed by atoms with E-state index in [0.717, 1.165) is 33.6 Å². The van der Waals surface area contributed by atoms with Gasteiger partial charge in [-0.2, -0.15) is 0 Å². The molecule has 1 aromatic carbocycles. The van der Waals surface area contributed by atoms with Gasteiger partial charge in [0.25, 0.3) is 0 Å². The van der Waals surface area contributed by atoms with E-state index in [4.69, 9.17) is 5.11 Å². The summed E-state index contributed by atoms with van der Waals surface area (Å²) in [4.78, 5) is 15.9. The lowest BCUT2D eigenvalue weighted by Gasteiger charge is -1.98. The van der Waals surface area contributed by atoms with Gasteiger partial charge >= 0.3 is 5.97 Å². The Bertz CT molecular complexity index is 612. The summed E-state index contributed by atoms with van der Waals surface area (Å²) in [6.45, 7) is 4.01. The molecule has 2 rings (SSSR count). The first-order valence-electron chi connectivity index (χ1n) is 6.08. The summed E-state index contributed by atoms with van der Waals surface area (Å²) < 4.78 is 0. The van der Waals surface area contributed by atoms with Crippen LogP contribution in [-0.4, -0.2) is 16.1 Å². The van der Waals surface area contributed by atoms with Crippen LogP contribution >= 0.6 is 11.3 Å². The maximum Gasteiger partial charge on any atom is 0.328 e. The van der Waals surface area contributed by atoms with Crippen molar-refractivity contribution in [1.29, 1.82) is 0 Å². The van der Waals surface area contributed by atoms with E-state index in [1.165, 1.54) is 16.9 Å². The molecule has 19 heavy (non-hydrogen) atoms. The molecule has 1 aromatic heterocycles. The Morgan fingerprint density at radius 3 is 2.63 bits per heavy atom. The molecular weight excluding hydrogens is 258 g/mol. The molecule has 0 aliphatic heterocycles. The normalized spacial score (nSPS) is 11.1. The molecule has 3 nitrogen and oxygen atoms in total. The monoisotopic (exact) mass is 273 g/mol. The van der Waals surface area contributed by atoms with E-state index >= 15 is 0 Å². The van der Waals surface area contributed by atoms with Crippen molar-refractivity contribution < 1.29 is 9.90 Å². The van der Waals surface area contributed by atoms with Gasteiger partial charge in [0.2, 0.25) is 0 Å². The standard InChI is InChI=1S/C15H15NO2S/c1-3-11-4-6-12(7-5-11)15-16-10(2)13(19-15)8-9-14(17)18/h4-9H,3H2,1-2H3,(H,17,18)/b9-8+. The molecule has 98 valence electrons. The van der Waals surface area contributed by atoms with Crippen molar-refractivity contribution in [3.05, 3.63) is 46.5 Å².